The number of amides is 1. The van der Waals surface area contributed by atoms with E-state index in [9.17, 15) is 4.79 Å². The molecule has 24 heavy (non-hydrogen) atoms. The van der Waals surface area contributed by atoms with Crippen molar-refractivity contribution in [3.8, 4) is 0 Å². The molecule has 0 saturated carbocycles. The van der Waals surface area contributed by atoms with Gasteiger partial charge in [-0.15, -0.1) is 10.2 Å². The molecule has 1 aliphatic heterocycles. The molecule has 124 valence electrons. The van der Waals surface area contributed by atoms with E-state index in [1.807, 2.05) is 30.3 Å². The van der Waals surface area contributed by atoms with Crippen LogP contribution in [-0.2, 0) is 19.4 Å². The fraction of sp³-hybridized carbons (Fsp3) is 0.353. The lowest BCUT2D eigenvalue weighted by atomic mass is 10.2. The van der Waals surface area contributed by atoms with Crippen LogP contribution in [0.2, 0.25) is 0 Å². The average Bonchev–Trinajstić information content (AvgIpc) is 3.12. The Hall–Kier alpha value is -2.67. The topological polar surface area (TPSA) is 87.6 Å². The smallest absolute Gasteiger partial charge is 0.267 e. The van der Waals surface area contributed by atoms with E-state index in [1.165, 1.54) is 0 Å². The molecular formula is C17H20N6O. The monoisotopic (exact) mass is 324 g/mol. The number of rotatable bonds is 4. The molecule has 0 bridgehead atoms. The van der Waals surface area contributed by atoms with E-state index in [0.717, 1.165) is 48.6 Å². The molecule has 3 aromatic rings. The first kappa shape index (κ1) is 14.9. The minimum absolute atomic E-state index is 0.0940. The zero-order valence-corrected chi connectivity index (χ0v) is 13.4. The third-order valence-electron chi connectivity index (χ3n) is 4.35. The van der Waals surface area contributed by atoms with Crippen molar-refractivity contribution in [2.75, 3.05) is 19.6 Å². The van der Waals surface area contributed by atoms with E-state index in [2.05, 4.69) is 30.4 Å². The molecule has 2 aromatic heterocycles. The standard InChI is InChI=1S/C17H20N6O/c24-17(14-11-12-3-1-2-4-13(12)20-14)19-8-6-16-22-21-15-5-7-18-9-10-23(15)16/h1-4,11,18,20H,5-10H2,(H,19,24). The lowest BCUT2D eigenvalue weighted by molar-refractivity contribution is 0.0949. The molecule has 0 atom stereocenters. The van der Waals surface area contributed by atoms with Crippen LogP contribution >= 0.6 is 0 Å². The summed E-state index contributed by atoms with van der Waals surface area (Å²) in [4.78, 5) is 15.4. The number of H-pyrrole nitrogens is 1. The van der Waals surface area contributed by atoms with Crippen LogP contribution in [0.3, 0.4) is 0 Å². The van der Waals surface area contributed by atoms with Crippen molar-refractivity contribution in [3.05, 3.63) is 47.7 Å². The molecule has 0 saturated heterocycles. The maximum Gasteiger partial charge on any atom is 0.267 e. The van der Waals surface area contributed by atoms with Gasteiger partial charge in [-0.2, -0.15) is 0 Å². The Balaban J connectivity index is 1.38. The highest BCUT2D eigenvalue weighted by Crippen LogP contribution is 2.14. The number of fused-ring (bicyclic) bond motifs is 2. The predicted octanol–water partition coefficient (Wildman–Crippen LogP) is 0.878. The van der Waals surface area contributed by atoms with Gasteiger partial charge in [-0.3, -0.25) is 4.79 Å². The molecule has 1 aromatic carbocycles. The van der Waals surface area contributed by atoms with Gasteiger partial charge in [-0.25, -0.2) is 0 Å². The fourth-order valence-corrected chi connectivity index (χ4v) is 3.10. The largest absolute Gasteiger partial charge is 0.351 e. The minimum Gasteiger partial charge on any atom is -0.351 e. The van der Waals surface area contributed by atoms with E-state index in [-0.39, 0.29) is 5.91 Å². The Morgan fingerprint density at radius 3 is 3.08 bits per heavy atom. The molecule has 7 nitrogen and oxygen atoms in total. The third kappa shape index (κ3) is 2.90. The lowest BCUT2D eigenvalue weighted by Gasteiger charge is -2.07. The van der Waals surface area contributed by atoms with Crippen molar-refractivity contribution in [2.45, 2.75) is 19.4 Å². The first-order chi connectivity index (χ1) is 11.8. The van der Waals surface area contributed by atoms with Crippen molar-refractivity contribution in [3.63, 3.8) is 0 Å². The number of hydrogen-bond donors (Lipinski definition) is 3. The summed E-state index contributed by atoms with van der Waals surface area (Å²) in [6.07, 6.45) is 1.58. The van der Waals surface area contributed by atoms with Crippen LogP contribution < -0.4 is 10.6 Å². The summed E-state index contributed by atoms with van der Waals surface area (Å²) in [5.74, 6) is 1.87. The first-order valence-corrected chi connectivity index (χ1v) is 8.29. The molecule has 0 spiro atoms. The molecular weight excluding hydrogens is 304 g/mol. The Morgan fingerprint density at radius 1 is 1.25 bits per heavy atom. The van der Waals surface area contributed by atoms with Crippen LogP contribution in [0.15, 0.2) is 30.3 Å². The van der Waals surface area contributed by atoms with Gasteiger partial charge in [0.25, 0.3) is 5.91 Å². The Labute approximate surface area is 139 Å². The second kappa shape index (κ2) is 6.45. The second-order valence-corrected chi connectivity index (χ2v) is 5.96. The van der Waals surface area contributed by atoms with Crippen LogP contribution in [0.1, 0.15) is 22.1 Å². The number of para-hydroxylation sites is 1. The molecule has 3 heterocycles. The van der Waals surface area contributed by atoms with Gasteiger partial charge in [0.2, 0.25) is 0 Å². The van der Waals surface area contributed by atoms with Crippen molar-refractivity contribution >= 4 is 16.8 Å². The average molecular weight is 324 g/mol. The highest BCUT2D eigenvalue weighted by atomic mass is 16.1. The Morgan fingerprint density at radius 2 is 2.17 bits per heavy atom. The molecule has 0 fully saturated rings. The normalized spacial score (nSPS) is 14.3. The maximum absolute atomic E-state index is 12.3. The third-order valence-corrected chi connectivity index (χ3v) is 4.35. The zero-order chi connectivity index (χ0) is 16.4. The van der Waals surface area contributed by atoms with E-state index >= 15 is 0 Å². The van der Waals surface area contributed by atoms with Crippen molar-refractivity contribution in [1.29, 1.82) is 0 Å². The number of nitrogens with zero attached hydrogens (tertiary/aromatic N) is 3. The number of hydrogen-bond acceptors (Lipinski definition) is 4. The van der Waals surface area contributed by atoms with Crippen molar-refractivity contribution < 1.29 is 4.79 Å². The molecule has 1 amide bonds. The van der Waals surface area contributed by atoms with E-state index < -0.39 is 0 Å². The number of benzene rings is 1. The van der Waals surface area contributed by atoms with Gasteiger partial charge in [-0.05, 0) is 12.1 Å². The van der Waals surface area contributed by atoms with Crippen LogP contribution in [-0.4, -0.2) is 45.3 Å². The van der Waals surface area contributed by atoms with Crippen LogP contribution in [0.4, 0.5) is 0 Å². The maximum atomic E-state index is 12.3. The van der Waals surface area contributed by atoms with Gasteiger partial charge in [0.1, 0.15) is 17.3 Å². The number of aromatic amines is 1. The van der Waals surface area contributed by atoms with Gasteiger partial charge in [0.15, 0.2) is 0 Å². The van der Waals surface area contributed by atoms with Gasteiger partial charge in [0, 0.05) is 49.9 Å². The summed E-state index contributed by atoms with van der Waals surface area (Å²) in [5, 5.41) is 15.9. The molecule has 0 aliphatic carbocycles. The summed E-state index contributed by atoms with van der Waals surface area (Å²) in [6, 6.07) is 9.74. The Kier molecular flexibility index (Phi) is 4.00. The summed E-state index contributed by atoms with van der Waals surface area (Å²) < 4.78 is 2.16. The summed E-state index contributed by atoms with van der Waals surface area (Å²) in [7, 11) is 0. The van der Waals surface area contributed by atoms with Crippen LogP contribution in [0.5, 0.6) is 0 Å². The van der Waals surface area contributed by atoms with Crippen LogP contribution in [0.25, 0.3) is 10.9 Å². The number of nitrogens with one attached hydrogen (secondary N) is 3. The molecule has 7 heteroatoms. The molecule has 0 unspecified atom stereocenters. The zero-order valence-electron chi connectivity index (χ0n) is 13.4. The predicted molar refractivity (Wildman–Crippen MR) is 90.9 cm³/mol. The van der Waals surface area contributed by atoms with E-state index in [0.29, 0.717) is 18.7 Å². The number of carbonyl (C=O) groups excluding carboxylic acids is 1. The first-order valence-electron chi connectivity index (χ1n) is 8.29. The summed E-state index contributed by atoms with van der Waals surface area (Å²) in [6.45, 7) is 3.29. The van der Waals surface area contributed by atoms with Crippen molar-refractivity contribution in [2.24, 2.45) is 0 Å². The molecule has 0 radical (unpaired) electrons. The van der Waals surface area contributed by atoms with Crippen molar-refractivity contribution in [1.82, 2.24) is 30.4 Å². The SMILES string of the molecule is O=C(NCCc1nnc2n1CCNCC2)c1cc2ccccc2[nH]1. The van der Waals surface area contributed by atoms with Gasteiger partial charge < -0.3 is 20.2 Å². The Bertz CT molecular complexity index is 832. The highest BCUT2D eigenvalue weighted by Gasteiger charge is 2.15. The quantitative estimate of drug-likeness (QED) is 0.665. The summed E-state index contributed by atoms with van der Waals surface area (Å²) >= 11 is 0. The van der Waals surface area contributed by atoms with Gasteiger partial charge >= 0.3 is 0 Å². The lowest BCUT2D eigenvalue weighted by Crippen LogP contribution is -2.27. The van der Waals surface area contributed by atoms with Crippen LogP contribution in [0, 0.1) is 0 Å². The van der Waals surface area contributed by atoms with E-state index in [1.54, 1.807) is 0 Å². The van der Waals surface area contributed by atoms with E-state index in [4.69, 9.17) is 0 Å². The van der Waals surface area contributed by atoms with Gasteiger partial charge in [-0.1, -0.05) is 18.2 Å². The molecule has 1 aliphatic rings. The van der Waals surface area contributed by atoms with Gasteiger partial charge in [0.05, 0.1) is 0 Å². The molecule has 3 N–H and O–H groups in total. The fourth-order valence-electron chi connectivity index (χ4n) is 3.10. The minimum atomic E-state index is -0.0940. The summed E-state index contributed by atoms with van der Waals surface area (Å²) in [5.41, 5.74) is 1.55. The number of carbonyl (C=O) groups is 1. The second-order valence-electron chi connectivity index (χ2n) is 5.96. The number of aromatic nitrogens is 4. The highest BCUT2D eigenvalue weighted by molar-refractivity contribution is 5.97. The molecule has 4 rings (SSSR count).